The average molecular weight is 295 g/mol. The van der Waals surface area contributed by atoms with E-state index in [1.807, 2.05) is 6.92 Å². The van der Waals surface area contributed by atoms with Crippen molar-refractivity contribution in [2.45, 2.75) is 18.0 Å². The summed E-state index contributed by atoms with van der Waals surface area (Å²) in [4.78, 5) is 0.779. The van der Waals surface area contributed by atoms with E-state index in [-0.39, 0.29) is 6.61 Å². The number of hydrogen-bond donors (Lipinski definition) is 1. The molecule has 0 saturated carbocycles. The third-order valence-electron chi connectivity index (χ3n) is 2.05. The van der Waals surface area contributed by atoms with Crippen molar-refractivity contribution in [3.8, 4) is 5.75 Å². The first-order valence-electron chi connectivity index (χ1n) is 5.72. The molecule has 0 aromatic heterocycles. The third kappa shape index (κ3) is 6.58. The summed E-state index contributed by atoms with van der Waals surface area (Å²) in [5.74, 6) is 1.09. The van der Waals surface area contributed by atoms with E-state index in [9.17, 15) is 13.2 Å². The quantitative estimate of drug-likeness (QED) is 0.476. The summed E-state index contributed by atoms with van der Waals surface area (Å²) in [5.41, 5.74) is 6.35. The summed E-state index contributed by atoms with van der Waals surface area (Å²) < 4.78 is 45.4. The lowest BCUT2D eigenvalue weighted by Crippen LogP contribution is -2.17. The van der Waals surface area contributed by atoms with Crippen molar-refractivity contribution in [3.63, 3.8) is 0 Å². The van der Waals surface area contributed by atoms with Crippen molar-refractivity contribution in [2.24, 2.45) is 0 Å². The smallest absolute Gasteiger partial charge is 0.411 e. The first-order valence-corrected chi connectivity index (χ1v) is 6.70. The molecule has 0 aliphatic heterocycles. The lowest BCUT2D eigenvalue weighted by Gasteiger charge is -2.10. The fourth-order valence-electron chi connectivity index (χ4n) is 1.29. The second kappa shape index (κ2) is 7.49. The first kappa shape index (κ1) is 16.0. The molecule has 0 atom stereocenters. The van der Waals surface area contributed by atoms with Crippen LogP contribution in [0.1, 0.15) is 6.92 Å². The van der Waals surface area contributed by atoms with Crippen molar-refractivity contribution >= 4 is 17.4 Å². The Labute approximate surface area is 114 Å². The molecule has 0 radical (unpaired) electrons. The van der Waals surface area contributed by atoms with Crippen molar-refractivity contribution in [1.82, 2.24) is 0 Å². The number of anilines is 1. The van der Waals surface area contributed by atoms with E-state index in [0.29, 0.717) is 23.8 Å². The van der Waals surface area contributed by atoms with E-state index in [1.54, 1.807) is 18.2 Å². The van der Waals surface area contributed by atoms with Crippen molar-refractivity contribution in [1.29, 1.82) is 0 Å². The van der Waals surface area contributed by atoms with Crippen LogP contribution in [0, 0.1) is 0 Å². The van der Waals surface area contributed by atoms with Crippen molar-refractivity contribution in [3.05, 3.63) is 18.2 Å². The molecule has 0 unspecified atom stereocenters. The molecule has 0 bridgehead atoms. The molecule has 0 aliphatic carbocycles. The largest absolute Gasteiger partial charge is 0.494 e. The Morgan fingerprint density at radius 2 is 2.05 bits per heavy atom. The van der Waals surface area contributed by atoms with Gasteiger partial charge >= 0.3 is 6.18 Å². The van der Waals surface area contributed by atoms with Gasteiger partial charge in [0.25, 0.3) is 0 Å². The normalized spacial score (nSPS) is 11.6. The second-order valence-corrected chi connectivity index (χ2v) is 4.79. The zero-order valence-electron chi connectivity index (χ0n) is 10.5. The Morgan fingerprint density at radius 1 is 1.32 bits per heavy atom. The van der Waals surface area contributed by atoms with Gasteiger partial charge in [0.05, 0.1) is 13.2 Å². The van der Waals surface area contributed by atoms with E-state index in [0.717, 1.165) is 4.90 Å². The van der Waals surface area contributed by atoms with Crippen LogP contribution in [0.15, 0.2) is 23.1 Å². The van der Waals surface area contributed by atoms with E-state index >= 15 is 0 Å². The number of benzene rings is 1. The van der Waals surface area contributed by atoms with Crippen LogP contribution in [0.25, 0.3) is 0 Å². The molecule has 1 aromatic carbocycles. The number of nitrogens with two attached hydrogens (primary N) is 1. The molecule has 0 saturated heterocycles. The van der Waals surface area contributed by atoms with Crippen LogP contribution in [-0.2, 0) is 4.74 Å². The van der Waals surface area contributed by atoms with Gasteiger partial charge in [0.2, 0.25) is 0 Å². The Morgan fingerprint density at radius 3 is 2.68 bits per heavy atom. The zero-order valence-corrected chi connectivity index (χ0v) is 11.3. The van der Waals surface area contributed by atoms with Gasteiger partial charge in [-0.05, 0) is 25.1 Å². The molecule has 7 heteroatoms. The van der Waals surface area contributed by atoms with Gasteiger partial charge in [-0.2, -0.15) is 13.2 Å². The number of alkyl halides is 3. The van der Waals surface area contributed by atoms with Crippen LogP contribution in [-0.4, -0.2) is 31.7 Å². The number of nitrogen functional groups attached to an aromatic ring is 1. The Balaban J connectivity index is 2.38. The Kier molecular flexibility index (Phi) is 6.30. The van der Waals surface area contributed by atoms with Gasteiger partial charge in [0.15, 0.2) is 0 Å². The molecular weight excluding hydrogens is 279 g/mol. The zero-order chi connectivity index (χ0) is 14.3. The van der Waals surface area contributed by atoms with Gasteiger partial charge in [-0.1, -0.05) is 0 Å². The maximum atomic E-state index is 11.8. The highest BCUT2D eigenvalue weighted by Gasteiger charge is 2.27. The maximum absolute atomic E-state index is 11.8. The molecule has 108 valence electrons. The summed E-state index contributed by atoms with van der Waals surface area (Å²) in [5, 5.41) is 0. The lowest BCUT2D eigenvalue weighted by molar-refractivity contribution is -0.172. The summed E-state index contributed by atoms with van der Waals surface area (Å²) in [6, 6.07) is 5.24. The molecule has 0 amide bonds. The van der Waals surface area contributed by atoms with Crippen LogP contribution >= 0.6 is 11.8 Å². The van der Waals surface area contributed by atoms with Crippen LogP contribution < -0.4 is 10.5 Å². The maximum Gasteiger partial charge on any atom is 0.411 e. The lowest BCUT2D eigenvalue weighted by atomic mass is 10.3. The standard InChI is InChI=1S/C12H16F3NO2S/c1-2-18-9-3-4-10(16)11(7-9)19-6-5-17-8-12(13,14)15/h3-4,7H,2,5-6,8,16H2,1H3. The second-order valence-electron chi connectivity index (χ2n) is 3.65. The molecule has 1 rings (SSSR count). The Hall–Kier alpha value is -1.08. The molecule has 1 aromatic rings. The van der Waals surface area contributed by atoms with Gasteiger partial charge in [0.1, 0.15) is 12.4 Å². The van der Waals surface area contributed by atoms with E-state index in [4.69, 9.17) is 10.5 Å². The fourth-order valence-corrected chi connectivity index (χ4v) is 2.15. The highest BCUT2D eigenvalue weighted by molar-refractivity contribution is 7.99. The summed E-state index contributed by atoms with van der Waals surface area (Å²) in [7, 11) is 0. The third-order valence-corrected chi connectivity index (χ3v) is 3.08. The monoisotopic (exact) mass is 295 g/mol. The molecular formula is C12H16F3NO2S. The topological polar surface area (TPSA) is 44.5 Å². The van der Waals surface area contributed by atoms with Crippen LogP contribution in [0.2, 0.25) is 0 Å². The summed E-state index contributed by atoms with van der Waals surface area (Å²) >= 11 is 1.34. The van der Waals surface area contributed by atoms with Gasteiger partial charge in [-0.3, -0.25) is 0 Å². The minimum atomic E-state index is -4.28. The molecule has 0 heterocycles. The molecule has 2 N–H and O–H groups in total. The number of hydrogen-bond acceptors (Lipinski definition) is 4. The molecule has 3 nitrogen and oxygen atoms in total. The first-order chi connectivity index (χ1) is 8.92. The predicted molar refractivity (Wildman–Crippen MR) is 69.6 cm³/mol. The molecule has 19 heavy (non-hydrogen) atoms. The highest BCUT2D eigenvalue weighted by atomic mass is 32.2. The van der Waals surface area contributed by atoms with E-state index in [2.05, 4.69) is 4.74 Å². The summed E-state index contributed by atoms with van der Waals surface area (Å²) in [6.45, 7) is 1.21. The minimum absolute atomic E-state index is 0.0163. The SMILES string of the molecule is CCOc1ccc(N)c(SCCOCC(F)(F)F)c1. The number of rotatable bonds is 7. The van der Waals surface area contributed by atoms with Crippen molar-refractivity contribution < 1.29 is 22.6 Å². The van der Waals surface area contributed by atoms with Gasteiger partial charge in [-0.15, -0.1) is 11.8 Å². The van der Waals surface area contributed by atoms with Gasteiger partial charge < -0.3 is 15.2 Å². The fraction of sp³-hybridized carbons (Fsp3) is 0.500. The number of halogens is 3. The van der Waals surface area contributed by atoms with Crippen LogP contribution in [0.3, 0.4) is 0 Å². The molecule has 0 spiro atoms. The number of thioether (sulfide) groups is 1. The van der Waals surface area contributed by atoms with E-state index in [1.165, 1.54) is 11.8 Å². The van der Waals surface area contributed by atoms with Gasteiger partial charge in [-0.25, -0.2) is 0 Å². The predicted octanol–water partition coefficient (Wildman–Crippen LogP) is 3.34. The van der Waals surface area contributed by atoms with Crippen molar-refractivity contribution in [2.75, 3.05) is 31.3 Å². The van der Waals surface area contributed by atoms with Crippen LogP contribution in [0.4, 0.5) is 18.9 Å². The minimum Gasteiger partial charge on any atom is -0.494 e. The van der Waals surface area contributed by atoms with E-state index < -0.39 is 12.8 Å². The van der Waals surface area contributed by atoms with Gasteiger partial charge in [0, 0.05) is 16.3 Å². The van der Waals surface area contributed by atoms with Crippen LogP contribution in [0.5, 0.6) is 5.75 Å². The molecule has 0 fully saturated rings. The number of ether oxygens (including phenoxy) is 2. The highest BCUT2D eigenvalue weighted by Crippen LogP contribution is 2.29. The average Bonchev–Trinajstić information content (AvgIpc) is 2.31. The molecule has 0 aliphatic rings. The Bertz CT molecular complexity index is 399. The summed E-state index contributed by atoms with van der Waals surface area (Å²) in [6.07, 6.45) is -4.28.